The van der Waals surface area contributed by atoms with E-state index in [9.17, 15) is 0 Å². The maximum absolute atomic E-state index is 6.23. The predicted molar refractivity (Wildman–Crippen MR) is 52.8 cm³/mol. The van der Waals surface area contributed by atoms with E-state index in [2.05, 4.69) is 20.8 Å². The normalized spacial score (nSPS) is 41.2. The van der Waals surface area contributed by atoms with E-state index in [4.69, 9.17) is 11.5 Å². The third-order valence-electron chi connectivity index (χ3n) is 3.75. The van der Waals surface area contributed by atoms with Crippen LogP contribution in [-0.4, -0.2) is 12.1 Å². The first-order chi connectivity index (χ1) is 5.39. The van der Waals surface area contributed by atoms with E-state index >= 15 is 0 Å². The summed E-state index contributed by atoms with van der Waals surface area (Å²) in [4.78, 5) is 0. The quantitative estimate of drug-likeness (QED) is 0.626. The van der Waals surface area contributed by atoms with Crippen LogP contribution in [-0.2, 0) is 0 Å². The van der Waals surface area contributed by atoms with Crippen molar-refractivity contribution in [1.82, 2.24) is 0 Å². The van der Waals surface area contributed by atoms with Gasteiger partial charge < -0.3 is 11.5 Å². The molecule has 4 N–H and O–H groups in total. The molecule has 1 saturated carbocycles. The van der Waals surface area contributed by atoms with Gasteiger partial charge in [0, 0.05) is 5.54 Å². The highest BCUT2D eigenvalue weighted by Gasteiger charge is 2.42. The van der Waals surface area contributed by atoms with Crippen LogP contribution in [0.1, 0.15) is 40.0 Å². The van der Waals surface area contributed by atoms with E-state index in [0.717, 1.165) is 13.0 Å². The largest absolute Gasteiger partial charge is 0.330 e. The van der Waals surface area contributed by atoms with Crippen LogP contribution in [0.5, 0.6) is 0 Å². The fourth-order valence-corrected chi connectivity index (χ4v) is 2.10. The first kappa shape index (κ1) is 10.0. The molecule has 1 aliphatic rings. The van der Waals surface area contributed by atoms with Crippen molar-refractivity contribution in [2.75, 3.05) is 6.54 Å². The Balaban J connectivity index is 2.68. The van der Waals surface area contributed by atoms with E-state index < -0.39 is 0 Å². The fraction of sp³-hybridized carbons (Fsp3) is 1.00. The summed E-state index contributed by atoms with van der Waals surface area (Å²) in [5, 5.41) is 0. The van der Waals surface area contributed by atoms with Gasteiger partial charge in [0.05, 0.1) is 0 Å². The second-order valence-corrected chi connectivity index (χ2v) is 5.15. The van der Waals surface area contributed by atoms with Crippen molar-refractivity contribution in [3.8, 4) is 0 Å². The summed E-state index contributed by atoms with van der Waals surface area (Å²) in [6.45, 7) is 7.50. The maximum atomic E-state index is 6.23. The van der Waals surface area contributed by atoms with Crippen molar-refractivity contribution in [2.45, 2.75) is 45.6 Å². The Morgan fingerprint density at radius 2 is 1.92 bits per heavy atom. The maximum Gasteiger partial charge on any atom is 0.0177 e. The van der Waals surface area contributed by atoms with E-state index in [1.54, 1.807) is 0 Å². The zero-order valence-corrected chi connectivity index (χ0v) is 8.56. The molecular weight excluding hydrogens is 148 g/mol. The van der Waals surface area contributed by atoms with Crippen LogP contribution >= 0.6 is 0 Å². The first-order valence-corrected chi connectivity index (χ1v) is 4.88. The van der Waals surface area contributed by atoms with Crippen molar-refractivity contribution < 1.29 is 0 Å². The van der Waals surface area contributed by atoms with Gasteiger partial charge in [0.15, 0.2) is 0 Å². The number of hydrogen-bond acceptors (Lipinski definition) is 2. The molecule has 0 aliphatic heterocycles. The molecule has 0 radical (unpaired) electrons. The minimum absolute atomic E-state index is 0.00132. The Morgan fingerprint density at radius 1 is 1.33 bits per heavy atom. The van der Waals surface area contributed by atoms with Gasteiger partial charge in [-0.1, -0.05) is 13.8 Å². The highest BCUT2D eigenvalue weighted by atomic mass is 14.8. The van der Waals surface area contributed by atoms with Crippen LogP contribution in [0.3, 0.4) is 0 Å². The number of nitrogens with two attached hydrogens (primary N) is 2. The summed E-state index contributed by atoms with van der Waals surface area (Å²) < 4.78 is 0. The lowest BCUT2D eigenvalue weighted by molar-refractivity contribution is 0.0796. The van der Waals surface area contributed by atoms with Crippen LogP contribution in [0, 0.1) is 11.3 Å². The van der Waals surface area contributed by atoms with Gasteiger partial charge in [-0.3, -0.25) is 0 Å². The lowest BCUT2D eigenvalue weighted by Crippen LogP contribution is -2.54. The zero-order valence-electron chi connectivity index (χ0n) is 8.56. The molecule has 1 rings (SSSR count). The molecule has 0 saturated heterocycles. The third kappa shape index (κ3) is 1.64. The second-order valence-electron chi connectivity index (χ2n) is 5.15. The van der Waals surface area contributed by atoms with Crippen LogP contribution < -0.4 is 11.5 Å². The molecule has 0 heterocycles. The molecule has 2 heteroatoms. The standard InChI is InChI=1S/C10H22N2/c1-9(2)6-8(7-11)4-5-10(9,3)12/h8H,4-7,11-12H2,1-3H3. The first-order valence-electron chi connectivity index (χ1n) is 4.88. The minimum atomic E-state index is -0.00132. The molecule has 12 heavy (non-hydrogen) atoms. The third-order valence-corrected chi connectivity index (χ3v) is 3.75. The summed E-state index contributed by atoms with van der Waals surface area (Å²) in [7, 11) is 0. The second kappa shape index (κ2) is 3.00. The predicted octanol–water partition coefficient (Wildman–Crippen LogP) is 1.49. The molecule has 0 bridgehead atoms. The van der Waals surface area contributed by atoms with Crippen LogP contribution in [0.2, 0.25) is 0 Å². The van der Waals surface area contributed by atoms with Crippen LogP contribution in [0.15, 0.2) is 0 Å². The summed E-state index contributed by atoms with van der Waals surface area (Å²) >= 11 is 0. The molecular formula is C10H22N2. The van der Waals surface area contributed by atoms with Gasteiger partial charge in [-0.15, -0.1) is 0 Å². The van der Waals surface area contributed by atoms with E-state index in [-0.39, 0.29) is 11.0 Å². The molecule has 0 aromatic carbocycles. The van der Waals surface area contributed by atoms with Gasteiger partial charge in [-0.05, 0) is 44.1 Å². The van der Waals surface area contributed by atoms with Crippen molar-refractivity contribution in [3.05, 3.63) is 0 Å². The van der Waals surface area contributed by atoms with Crippen LogP contribution in [0.25, 0.3) is 0 Å². The summed E-state index contributed by atoms with van der Waals surface area (Å²) in [6.07, 6.45) is 3.49. The minimum Gasteiger partial charge on any atom is -0.330 e. The Labute approximate surface area is 75.7 Å². The van der Waals surface area contributed by atoms with E-state index in [0.29, 0.717) is 5.92 Å². The molecule has 0 aromatic heterocycles. The van der Waals surface area contributed by atoms with Gasteiger partial charge in [-0.25, -0.2) is 0 Å². The van der Waals surface area contributed by atoms with Gasteiger partial charge in [0.2, 0.25) is 0 Å². The average Bonchev–Trinajstić information content (AvgIpc) is 1.95. The topological polar surface area (TPSA) is 52.0 Å². The Hall–Kier alpha value is -0.0800. The van der Waals surface area contributed by atoms with E-state index in [1.165, 1.54) is 12.8 Å². The fourth-order valence-electron chi connectivity index (χ4n) is 2.10. The van der Waals surface area contributed by atoms with Gasteiger partial charge >= 0.3 is 0 Å². The summed E-state index contributed by atoms with van der Waals surface area (Å²) in [5.74, 6) is 0.691. The molecule has 1 aliphatic carbocycles. The molecule has 0 spiro atoms. The molecule has 2 nitrogen and oxygen atoms in total. The summed E-state index contributed by atoms with van der Waals surface area (Å²) in [6, 6.07) is 0. The number of hydrogen-bond donors (Lipinski definition) is 2. The highest BCUT2D eigenvalue weighted by Crippen LogP contribution is 2.43. The van der Waals surface area contributed by atoms with Crippen molar-refractivity contribution in [2.24, 2.45) is 22.8 Å². The Morgan fingerprint density at radius 3 is 2.33 bits per heavy atom. The van der Waals surface area contributed by atoms with E-state index in [1.807, 2.05) is 0 Å². The molecule has 0 aromatic rings. The Bertz CT molecular complexity index is 161. The van der Waals surface area contributed by atoms with Gasteiger partial charge in [-0.2, -0.15) is 0 Å². The monoisotopic (exact) mass is 170 g/mol. The SMILES string of the molecule is CC1(C)CC(CN)CCC1(C)N. The summed E-state index contributed by atoms with van der Waals surface area (Å²) in [5.41, 5.74) is 12.1. The lowest BCUT2D eigenvalue weighted by atomic mass is 9.61. The van der Waals surface area contributed by atoms with Crippen LogP contribution in [0.4, 0.5) is 0 Å². The van der Waals surface area contributed by atoms with Gasteiger partial charge in [0.1, 0.15) is 0 Å². The molecule has 72 valence electrons. The number of rotatable bonds is 1. The molecule has 2 unspecified atom stereocenters. The van der Waals surface area contributed by atoms with Crippen molar-refractivity contribution in [3.63, 3.8) is 0 Å². The molecule has 0 amide bonds. The average molecular weight is 170 g/mol. The lowest BCUT2D eigenvalue weighted by Gasteiger charge is -2.48. The zero-order chi connectivity index (χ0) is 9.41. The van der Waals surface area contributed by atoms with Gasteiger partial charge in [0.25, 0.3) is 0 Å². The van der Waals surface area contributed by atoms with Crippen molar-refractivity contribution >= 4 is 0 Å². The molecule has 2 atom stereocenters. The highest BCUT2D eigenvalue weighted by molar-refractivity contribution is 4.99. The smallest absolute Gasteiger partial charge is 0.0177 e. The molecule has 1 fully saturated rings. The Kier molecular flexibility index (Phi) is 2.50. The van der Waals surface area contributed by atoms with Crippen molar-refractivity contribution in [1.29, 1.82) is 0 Å².